The van der Waals surface area contributed by atoms with Gasteiger partial charge in [-0.25, -0.2) is 0 Å². The number of carboxylic acids is 2. The van der Waals surface area contributed by atoms with Crippen LogP contribution >= 0.6 is 0 Å². The molecule has 0 aromatic heterocycles. The highest BCUT2D eigenvalue weighted by Crippen LogP contribution is 2.11. The molecule has 92 valence electrons. The summed E-state index contributed by atoms with van der Waals surface area (Å²) in [6.07, 6.45) is -0.582. The van der Waals surface area contributed by atoms with Crippen LogP contribution in [0.5, 0.6) is 0 Å². The number of rotatable bonds is 5. The first-order chi connectivity index (χ1) is 7.50. The highest BCUT2D eigenvalue weighted by Gasteiger charge is 2.29. The molecule has 1 heterocycles. The third-order valence-corrected chi connectivity index (χ3v) is 2.48. The monoisotopic (exact) mass is 232 g/mol. The Balaban J connectivity index is 2.54. The highest BCUT2D eigenvalue weighted by atomic mass is 16.5. The lowest BCUT2D eigenvalue weighted by atomic mass is 10.1. The molecule has 2 atom stereocenters. The minimum Gasteiger partial charge on any atom is -0.481 e. The summed E-state index contributed by atoms with van der Waals surface area (Å²) < 4.78 is 5.09. The summed E-state index contributed by atoms with van der Waals surface area (Å²) in [6.45, 7) is 1.15. The summed E-state index contributed by atoms with van der Waals surface area (Å²) in [4.78, 5) is 23.1. The van der Waals surface area contributed by atoms with Gasteiger partial charge in [0, 0.05) is 19.5 Å². The summed E-state index contributed by atoms with van der Waals surface area (Å²) in [5.74, 6) is -2.01. The Morgan fingerprint density at radius 1 is 1.50 bits per heavy atom. The van der Waals surface area contributed by atoms with Crippen molar-refractivity contribution in [2.45, 2.75) is 25.1 Å². The molecule has 0 amide bonds. The number of carbonyl (C=O) groups is 2. The number of hydrogen-bond acceptors (Lipinski definition) is 5. The SMILES string of the molecule is NC1CN(C(CCC(=O)O)C(=O)O)CCO1. The first kappa shape index (κ1) is 12.9. The molecule has 1 saturated heterocycles. The van der Waals surface area contributed by atoms with Crippen molar-refractivity contribution in [3.8, 4) is 0 Å². The maximum absolute atomic E-state index is 11.0. The van der Waals surface area contributed by atoms with Crippen LogP contribution in [0.4, 0.5) is 0 Å². The summed E-state index contributed by atoms with van der Waals surface area (Å²) >= 11 is 0. The molecule has 4 N–H and O–H groups in total. The number of nitrogens with two attached hydrogens (primary N) is 1. The van der Waals surface area contributed by atoms with E-state index in [0.29, 0.717) is 19.7 Å². The molecule has 0 aromatic carbocycles. The summed E-state index contributed by atoms with van der Waals surface area (Å²) in [5.41, 5.74) is 5.55. The van der Waals surface area contributed by atoms with Gasteiger partial charge in [-0.2, -0.15) is 0 Å². The van der Waals surface area contributed by atoms with Crippen LogP contribution in [0, 0.1) is 0 Å². The topological polar surface area (TPSA) is 113 Å². The van der Waals surface area contributed by atoms with Crippen molar-refractivity contribution in [2.24, 2.45) is 5.73 Å². The second kappa shape index (κ2) is 5.78. The lowest BCUT2D eigenvalue weighted by Crippen LogP contribution is -2.53. The number of nitrogens with zero attached hydrogens (tertiary/aromatic N) is 1. The molecule has 2 unspecified atom stereocenters. The molecule has 0 aliphatic carbocycles. The van der Waals surface area contributed by atoms with Gasteiger partial charge in [0.15, 0.2) is 0 Å². The zero-order valence-corrected chi connectivity index (χ0v) is 8.83. The van der Waals surface area contributed by atoms with Crippen molar-refractivity contribution in [1.82, 2.24) is 4.90 Å². The minimum atomic E-state index is -1.02. The Morgan fingerprint density at radius 2 is 2.19 bits per heavy atom. The van der Waals surface area contributed by atoms with Gasteiger partial charge in [-0.05, 0) is 6.42 Å². The molecule has 0 spiro atoms. The summed E-state index contributed by atoms with van der Waals surface area (Å²) in [5, 5.41) is 17.5. The molecule has 7 heteroatoms. The lowest BCUT2D eigenvalue weighted by molar-refractivity contribution is -0.147. The molecule has 0 aromatic rings. The molecular weight excluding hydrogens is 216 g/mol. The molecular formula is C9H16N2O5. The van der Waals surface area contributed by atoms with Gasteiger partial charge in [0.25, 0.3) is 0 Å². The third kappa shape index (κ3) is 3.76. The van der Waals surface area contributed by atoms with E-state index in [9.17, 15) is 9.59 Å². The average molecular weight is 232 g/mol. The smallest absolute Gasteiger partial charge is 0.320 e. The molecule has 1 aliphatic rings. The van der Waals surface area contributed by atoms with E-state index in [1.807, 2.05) is 0 Å². The van der Waals surface area contributed by atoms with Crippen LogP contribution in [0.2, 0.25) is 0 Å². The van der Waals surface area contributed by atoms with Gasteiger partial charge in [-0.15, -0.1) is 0 Å². The van der Waals surface area contributed by atoms with E-state index in [-0.39, 0.29) is 12.8 Å². The molecule has 1 rings (SSSR count). The first-order valence-corrected chi connectivity index (χ1v) is 5.06. The number of aliphatic carboxylic acids is 2. The predicted molar refractivity (Wildman–Crippen MR) is 53.8 cm³/mol. The van der Waals surface area contributed by atoms with Crippen LogP contribution in [0.15, 0.2) is 0 Å². The van der Waals surface area contributed by atoms with Crippen LogP contribution in [-0.4, -0.2) is 59.0 Å². The van der Waals surface area contributed by atoms with Crippen LogP contribution in [0.1, 0.15) is 12.8 Å². The van der Waals surface area contributed by atoms with Gasteiger partial charge in [-0.3, -0.25) is 14.5 Å². The van der Waals surface area contributed by atoms with Crippen molar-refractivity contribution < 1.29 is 24.5 Å². The number of carboxylic acid groups (broad SMARTS) is 2. The highest BCUT2D eigenvalue weighted by molar-refractivity contribution is 5.75. The zero-order chi connectivity index (χ0) is 12.1. The second-order valence-electron chi connectivity index (χ2n) is 3.69. The van der Waals surface area contributed by atoms with Crippen molar-refractivity contribution in [1.29, 1.82) is 0 Å². The minimum absolute atomic E-state index is 0.0807. The molecule has 16 heavy (non-hydrogen) atoms. The van der Waals surface area contributed by atoms with Gasteiger partial charge in [0.2, 0.25) is 0 Å². The van der Waals surface area contributed by atoms with Gasteiger partial charge < -0.3 is 20.7 Å². The van der Waals surface area contributed by atoms with Crippen LogP contribution < -0.4 is 5.73 Å². The maximum atomic E-state index is 11.0. The molecule has 0 bridgehead atoms. The number of hydrogen-bond donors (Lipinski definition) is 3. The number of morpholine rings is 1. The Hall–Kier alpha value is -1.18. The Bertz CT molecular complexity index is 271. The van der Waals surface area contributed by atoms with E-state index >= 15 is 0 Å². The van der Waals surface area contributed by atoms with Crippen molar-refractivity contribution >= 4 is 11.9 Å². The van der Waals surface area contributed by atoms with Gasteiger partial charge in [0.1, 0.15) is 12.3 Å². The molecule has 0 radical (unpaired) electrons. The quantitative estimate of drug-likeness (QED) is 0.552. The Labute approximate surface area is 92.8 Å². The van der Waals surface area contributed by atoms with Crippen molar-refractivity contribution in [3.63, 3.8) is 0 Å². The Morgan fingerprint density at radius 3 is 2.69 bits per heavy atom. The maximum Gasteiger partial charge on any atom is 0.320 e. The second-order valence-corrected chi connectivity index (χ2v) is 3.69. The van der Waals surface area contributed by atoms with Gasteiger partial charge in [0.05, 0.1) is 6.61 Å². The predicted octanol–water partition coefficient (Wildman–Crippen LogP) is -1.08. The summed E-state index contributed by atoms with van der Waals surface area (Å²) in [6, 6.07) is -0.800. The fourth-order valence-corrected chi connectivity index (χ4v) is 1.70. The first-order valence-electron chi connectivity index (χ1n) is 5.06. The fourth-order valence-electron chi connectivity index (χ4n) is 1.70. The molecule has 7 nitrogen and oxygen atoms in total. The molecule has 1 aliphatic heterocycles. The average Bonchev–Trinajstić information content (AvgIpc) is 2.17. The van der Waals surface area contributed by atoms with Crippen molar-refractivity contribution in [3.05, 3.63) is 0 Å². The Kier molecular flexibility index (Phi) is 4.66. The van der Waals surface area contributed by atoms with E-state index in [0.717, 1.165) is 0 Å². The zero-order valence-electron chi connectivity index (χ0n) is 8.83. The van der Waals surface area contributed by atoms with Gasteiger partial charge >= 0.3 is 11.9 Å². The standard InChI is InChI=1S/C9H16N2O5/c10-7-5-11(3-4-16-7)6(9(14)15)1-2-8(12)13/h6-7H,1-5,10H2,(H,12,13)(H,14,15). The largest absolute Gasteiger partial charge is 0.481 e. The normalized spacial score (nSPS) is 23.9. The lowest BCUT2D eigenvalue weighted by Gasteiger charge is -2.34. The number of ether oxygens (including phenoxy) is 1. The van der Waals surface area contributed by atoms with E-state index in [4.69, 9.17) is 20.7 Å². The third-order valence-electron chi connectivity index (χ3n) is 2.48. The van der Waals surface area contributed by atoms with E-state index in [1.54, 1.807) is 4.90 Å². The van der Waals surface area contributed by atoms with Gasteiger partial charge in [-0.1, -0.05) is 0 Å². The van der Waals surface area contributed by atoms with E-state index < -0.39 is 24.2 Å². The molecule has 0 saturated carbocycles. The van der Waals surface area contributed by atoms with Crippen molar-refractivity contribution in [2.75, 3.05) is 19.7 Å². The summed E-state index contributed by atoms with van der Waals surface area (Å²) in [7, 11) is 0. The van der Waals surface area contributed by atoms with Crippen LogP contribution in [-0.2, 0) is 14.3 Å². The van der Waals surface area contributed by atoms with E-state index in [2.05, 4.69) is 0 Å². The van der Waals surface area contributed by atoms with Crippen LogP contribution in [0.3, 0.4) is 0 Å². The molecule has 1 fully saturated rings. The fraction of sp³-hybridized carbons (Fsp3) is 0.778. The van der Waals surface area contributed by atoms with Crippen LogP contribution in [0.25, 0.3) is 0 Å². The van der Waals surface area contributed by atoms with E-state index in [1.165, 1.54) is 0 Å².